The van der Waals surface area contributed by atoms with Crippen molar-refractivity contribution >= 4 is 17.9 Å². The number of allylic oxidation sites excluding steroid dienone is 4. The van der Waals surface area contributed by atoms with Crippen LogP contribution in [0.2, 0.25) is 0 Å². The van der Waals surface area contributed by atoms with Gasteiger partial charge in [0, 0.05) is 22.7 Å². The Labute approximate surface area is 228 Å². The fourth-order valence-corrected chi connectivity index (χ4v) is 9.50. The molecule has 39 heavy (non-hydrogen) atoms. The maximum absolute atomic E-state index is 17.4. The van der Waals surface area contributed by atoms with Gasteiger partial charge in [-0.25, -0.2) is 18.4 Å². The van der Waals surface area contributed by atoms with Crippen molar-refractivity contribution in [1.29, 1.82) is 0 Å². The Balaban J connectivity index is 1.50. The highest BCUT2D eigenvalue weighted by Gasteiger charge is 2.78. The van der Waals surface area contributed by atoms with Gasteiger partial charge in [0.05, 0.1) is 6.10 Å². The second-order valence-electron chi connectivity index (χ2n) is 13.5. The van der Waals surface area contributed by atoms with E-state index < -0.39 is 76.1 Å². The Hall–Kier alpha value is -2.29. The fraction of sp³-hybridized carbons (Fsp3) is 0.767. The molecule has 12 atom stereocenters. The summed E-state index contributed by atoms with van der Waals surface area (Å²) in [6, 6.07) is 0. The summed E-state index contributed by atoms with van der Waals surface area (Å²) in [7, 11) is 0. The molecule has 0 bridgehead atoms. The molecule has 0 aromatic heterocycles. The number of carbonyl (C=O) groups excluding carboxylic acids is 2. The lowest BCUT2D eigenvalue weighted by Crippen LogP contribution is -2.71. The van der Waals surface area contributed by atoms with E-state index >= 15 is 8.78 Å². The van der Waals surface area contributed by atoms with Gasteiger partial charge < -0.3 is 19.7 Å². The van der Waals surface area contributed by atoms with E-state index in [0.29, 0.717) is 24.7 Å². The number of rotatable bonds is 3. The number of halogens is 2. The van der Waals surface area contributed by atoms with E-state index in [1.54, 1.807) is 13.8 Å². The molecule has 0 aromatic rings. The number of carboxylic acids is 1. The van der Waals surface area contributed by atoms with Crippen molar-refractivity contribution in [3.05, 3.63) is 23.8 Å². The van der Waals surface area contributed by atoms with Gasteiger partial charge in [-0.2, -0.15) is 0 Å². The molecule has 5 aliphatic rings. The highest BCUT2D eigenvalue weighted by Crippen LogP contribution is 2.71. The van der Waals surface area contributed by atoms with Crippen molar-refractivity contribution < 1.29 is 42.9 Å². The van der Waals surface area contributed by atoms with Crippen LogP contribution in [0.3, 0.4) is 0 Å². The van der Waals surface area contributed by atoms with Gasteiger partial charge in [-0.05, 0) is 80.9 Å². The van der Waals surface area contributed by atoms with E-state index in [0.717, 1.165) is 12.5 Å². The molecule has 4 saturated carbocycles. The van der Waals surface area contributed by atoms with Gasteiger partial charge in [-0.3, -0.25) is 4.79 Å². The summed E-state index contributed by atoms with van der Waals surface area (Å²) in [5.41, 5.74) is -7.40. The number of hydrogen-bond donors (Lipinski definition) is 2. The maximum atomic E-state index is 17.4. The summed E-state index contributed by atoms with van der Waals surface area (Å²) < 4.78 is 44.4. The zero-order valence-electron chi connectivity index (χ0n) is 23.3. The van der Waals surface area contributed by atoms with Crippen LogP contribution in [0.15, 0.2) is 23.8 Å². The zero-order valence-corrected chi connectivity index (χ0v) is 23.3. The van der Waals surface area contributed by atoms with E-state index in [9.17, 15) is 24.6 Å². The van der Waals surface area contributed by atoms with Gasteiger partial charge >= 0.3 is 12.1 Å². The minimum atomic E-state index is -2.34. The predicted octanol–water partition coefficient (Wildman–Crippen LogP) is 5.35. The fourth-order valence-electron chi connectivity index (χ4n) is 9.50. The van der Waals surface area contributed by atoms with Crippen LogP contribution in [0.25, 0.3) is 0 Å². The first-order chi connectivity index (χ1) is 18.1. The molecule has 0 spiro atoms. The molecule has 7 nitrogen and oxygen atoms in total. The van der Waals surface area contributed by atoms with Gasteiger partial charge in [0.1, 0.15) is 12.3 Å². The molecule has 1 unspecified atom stereocenters. The molecule has 216 valence electrons. The average molecular weight is 551 g/mol. The number of ether oxygens (including phenoxy) is 2. The zero-order chi connectivity index (χ0) is 28.7. The quantitative estimate of drug-likeness (QED) is 0.456. The topological polar surface area (TPSA) is 110 Å². The molecule has 9 heteroatoms. The van der Waals surface area contributed by atoms with E-state index in [1.807, 2.05) is 0 Å². The van der Waals surface area contributed by atoms with Crippen molar-refractivity contribution in [3.63, 3.8) is 0 Å². The Morgan fingerprint density at radius 1 is 1.03 bits per heavy atom. The van der Waals surface area contributed by atoms with Crippen molar-refractivity contribution in [2.24, 2.45) is 40.4 Å². The van der Waals surface area contributed by atoms with Crippen LogP contribution < -0.4 is 0 Å². The van der Waals surface area contributed by atoms with Crippen molar-refractivity contribution in [1.82, 2.24) is 0 Å². The molecular weight excluding hydrogens is 510 g/mol. The third kappa shape index (κ3) is 3.77. The van der Waals surface area contributed by atoms with Gasteiger partial charge in [0.2, 0.25) is 5.60 Å². The van der Waals surface area contributed by atoms with Crippen LogP contribution in [-0.2, 0) is 19.1 Å². The number of carboxylic acid groups (broad SMARTS) is 1. The highest BCUT2D eigenvalue weighted by molar-refractivity contribution is 6.01. The molecule has 0 radical (unpaired) electrons. The molecule has 0 heterocycles. The van der Waals surface area contributed by atoms with Crippen LogP contribution in [0, 0.1) is 40.4 Å². The summed E-state index contributed by atoms with van der Waals surface area (Å²) in [6.45, 7) is 8.90. The average Bonchev–Trinajstić information content (AvgIpc) is 3.03. The van der Waals surface area contributed by atoms with E-state index in [4.69, 9.17) is 9.47 Å². The number of aliphatic hydroxyl groups excluding tert-OH is 1. The van der Waals surface area contributed by atoms with E-state index in [-0.39, 0.29) is 24.8 Å². The summed E-state index contributed by atoms with van der Waals surface area (Å²) in [4.78, 5) is 38.2. The smallest absolute Gasteiger partial charge is 0.478 e. The molecule has 4 fully saturated rings. The lowest BCUT2D eigenvalue weighted by atomic mass is 9.44. The molecule has 0 aliphatic heterocycles. The Bertz CT molecular complexity index is 1130. The second-order valence-corrected chi connectivity index (χ2v) is 13.5. The number of aliphatic carboxylic acids is 1. The van der Waals surface area contributed by atoms with Gasteiger partial charge in [-0.1, -0.05) is 33.8 Å². The van der Waals surface area contributed by atoms with Crippen LogP contribution in [0.1, 0.15) is 73.1 Å². The lowest BCUT2D eigenvalue weighted by molar-refractivity contribution is -0.232. The van der Waals surface area contributed by atoms with Crippen LogP contribution in [0.4, 0.5) is 13.6 Å². The van der Waals surface area contributed by atoms with Gasteiger partial charge in [0.15, 0.2) is 11.5 Å². The third-order valence-corrected chi connectivity index (χ3v) is 11.1. The molecular formula is C30H40F2O7. The van der Waals surface area contributed by atoms with Gasteiger partial charge in [0.25, 0.3) is 0 Å². The molecule has 0 amide bonds. The number of hydrogen-bond acceptors (Lipinski definition) is 6. The van der Waals surface area contributed by atoms with Crippen LogP contribution in [0.5, 0.6) is 0 Å². The Morgan fingerprint density at radius 2 is 1.67 bits per heavy atom. The Kier molecular flexibility index (Phi) is 6.60. The summed E-state index contributed by atoms with van der Waals surface area (Å²) in [5, 5.41) is 22.1. The normalized spacial score (nSPS) is 50.8. The minimum absolute atomic E-state index is 0.00251. The first-order valence-corrected chi connectivity index (χ1v) is 14.2. The minimum Gasteiger partial charge on any atom is -0.478 e. The monoisotopic (exact) mass is 550 g/mol. The van der Waals surface area contributed by atoms with E-state index in [2.05, 4.69) is 13.8 Å². The number of fused-ring (bicyclic) bond motifs is 5. The maximum Gasteiger partial charge on any atom is 0.509 e. The van der Waals surface area contributed by atoms with Crippen molar-refractivity contribution in [3.8, 4) is 0 Å². The van der Waals surface area contributed by atoms with Crippen molar-refractivity contribution in [2.45, 2.75) is 103 Å². The van der Waals surface area contributed by atoms with Crippen LogP contribution in [-0.4, -0.2) is 57.8 Å². The molecule has 0 saturated heterocycles. The summed E-state index contributed by atoms with van der Waals surface area (Å²) in [5.74, 6) is -3.64. The number of ketones is 1. The molecule has 5 rings (SSSR count). The number of carbonyl (C=O) groups is 3. The molecule has 2 N–H and O–H groups in total. The number of alkyl halides is 2. The van der Waals surface area contributed by atoms with Gasteiger partial charge in [-0.15, -0.1) is 0 Å². The highest BCUT2D eigenvalue weighted by atomic mass is 19.1. The first-order valence-electron chi connectivity index (χ1n) is 14.2. The van der Waals surface area contributed by atoms with Crippen LogP contribution >= 0.6 is 0 Å². The first kappa shape index (κ1) is 28.2. The molecule has 5 aliphatic carbocycles. The third-order valence-electron chi connectivity index (χ3n) is 11.1. The van der Waals surface area contributed by atoms with E-state index in [1.165, 1.54) is 19.1 Å². The summed E-state index contributed by atoms with van der Waals surface area (Å²) >= 11 is 0. The molecule has 0 aromatic carbocycles. The van der Waals surface area contributed by atoms with Crippen molar-refractivity contribution in [2.75, 3.05) is 0 Å². The predicted molar refractivity (Wildman–Crippen MR) is 137 cm³/mol. The number of aliphatic hydroxyl groups is 1. The lowest BCUT2D eigenvalue weighted by Gasteiger charge is -2.62. The largest absolute Gasteiger partial charge is 0.509 e. The SMILES string of the molecule is C[C@@H]1C[C@H](C)C[C@@H](OC(=O)O[C@@]2(C(=O)O)[C@H](C)C[C@H]3[C@@H]4C[C@H](F)C5=CC(=O)C=C[C@]5(C)C4(F)[C@@H](O)C[C@@]32C)C1. The second kappa shape index (κ2) is 9.11. The Morgan fingerprint density at radius 3 is 2.28 bits per heavy atom. The summed E-state index contributed by atoms with van der Waals surface area (Å²) in [6.07, 6.45) is 0.744. The standard InChI is InChI=1S/C30H40F2O7/c1-15-8-16(2)10-19(9-15)38-26(37)39-30(25(35)36)17(3)11-20-21-13-23(31)22-12-18(33)6-7-27(22,4)29(21,32)24(34)14-28(20,30)5/h6-7,12,15-17,19-21,23-24,34H,8-11,13-14H2,1-5H3,(H,35,36)/t15-,16+,17-,19+,20+,21+,23+,24+,27+,28+,29?,30-/m1/s1.